The second-order valence-electron chi connectivity index (χ2n) is 7.72. The third-order valence-electron chi connectivity index (χ3n) is 5.45. The van der Waals surface area contributed by atoms with Crippen molar-refractivity contribution in [2.75, 3.05) is 0 Å². The van der Waals surface area contributed by atoms with E-state index in [9.17, 15) is 20.1 Å². The zero-order valence-corrected chi connectivity index (χ0v) is 18.1. The molecule has 0 aromatic heterocycles. The Morgan fingerprint density at radius 3 is 2.59 bits per heavy atom. The first-order valence-corrected chi connectivity index (χ1v) is 11.0. The summed E-state index contributed by atoms with van der Waals surface area (Å²) in [5.41, 5.74) is 1.16. The molecule has 0 amide bonds. The van der Waals surface area contributed by atoms with E-state index in [4.69, 9.17) is 5.11 Å². The fourth-order valence-corrected chi connectivity index (χ4v) is 4.03. The number of rotatable bonds is 11. The maximum absolute atomic E-state index is 10.5. The first kappa shape index (κ1) is 23.8. The van der Waals surface area contributed by atoms with E-state index in [1.807, 2.05) is 42.5 Å². The van der Waals surface area contributed by atoms with Crippen LogP contribution in [0.15, 0.2) is 53.0 Å². The van der Waals surface area contributed by atoms with Gasteiger partial charge in [0.2, 0.25) is 0 Å². The fourth-order valence-electron chi connectivity index (χ4n) is 3.77. The number of hydrogen-bond donors (Lipinski definition) is 4. The van der Waals surface area contributed by atoms with Gasteiger partial charge < -0.3 is 20.4 Å². The van der Waals surface area contributed by atoms with Crippen LogP contribution in [0, 0.1) is 11.8 Å². The van der Waals surface area contributed by atoms with Crippen LogP contribution in [0.2, 0.25) is 0 Å². The molecule has 1 fully saturated rings. The molecule has 5 nitrogen and oxygen atoms in total. The van der Waals surface area contributed by atoms with E-state index in [1.54, 1.807) is 6.08 Å². The van der Waals surface area contributed by atoms with Crippen molar-refractivity contribution in [1.82, 2.24) is 0 Å². The van der Waals surface area contributed by atoms with Crippen LogP contribution in [0.5, 0.6) is 0 Å². The van der Waals surface area contributed by atoms with Crippen LogP contribution in [0.25, 0.3) is 0 Å². The number of aryl methyl sites for hydroxylation is 1. The third kappa shape index (κ3) is 8.42. The van der Waals surface area contributed by atoms with Crippen molar-refractivity contribution in [3.63, 3.8) is 0 Å². The Morgan fingerprint density at radius 2 is 1.90 bits per heavy atom. The molecule has 0 bridgehead atoms. The van der Waals surface area contributed by atoms with E-state index >= 15 is 0 Å². The minimum Gasteiger partial charge on any atom is -0.481 e. The zero-order valence-electron chi connectivity index (χ0n) is 16.5. The lowest BCUT2D eigenvalue weighted by Gasteiger charge is -2.19. The molecular weight excluding hydrogens is 436 g/mol. The van der Waals surface area contributed by atoms with E-state index in [-0.39, 0.29) is 18.3 Å². The summed E-state index contributed by atoms with van der Waals surface area (Å²) in [6, 6.07) is 8.01. The van der Waals surface area contributed by atoms with Crippen molar-refractivity contribution in [1.29, 1.82) is 0 Å². The number of allylic oxidation sites excluding steroid dienone is 2. The van der Waals surface area contributed by atoms with E-state index in [1.165, 1.54) is 0 Å². The number of carboxylic acids is 1. The van der Waals surface area contributed by atoms with Gasteiger partial charge in [0.1, 0.15) is 0 Å². The average Bonchev–Trinajstić information content (AvgIpc) is 2.94. The summed E-state index contributed by atoms with van der Waals surface area (Å²) in [5, 5.41) is 39.5. The monoisotopic (exact) mass is 466 g/mol. The SMILES string of the molecule is O=C(O)CCC/C=C\C[C@@H]1[C@@H](/C=C/[C@H](O)CCc2ccc(Br)cc2)[C@H](O)C[C@@H]1O. The lowest BCUT2D eigenvalue weighted by atomic mass is 9.89. The highest BCUT2D eigenvalue weighted by atomic mass is 79.9. The third-order valence-corrected chi connectivity index (χ3v) is 5.98. The molecular formula is C23H31BrO5. The molecule has 0 heterocycles. The number of aliphatic hydroxyl groups excluding tert-OH is 3. The molecule has 1 aromatic rings. The van der Waals surface area contributed by atoms with Crippen LogP contribution in [0.1, 0.15) is 44.1 Å². The van der Waals surface area contributed by atoms with Crippen molar-refractivity contribution in [2.24, 2.45) is 11.8 Å². The van der Waals surface area contributed by atoms with Gasteiger partial charge in [0.25, 0.3) is 0 Å². The smallest absolute Gasteiger partial charge is 0.303 e. The maximum atomic E-state index is 10.5. The second kappa shape index (κ2) is 12.3. The molecule has 0 radical (unpaired) electrons. The molecule has 0 spiro atoms. The summed E-state index contributed by atoms with van der Waals surface area (Å²) in [6.45, 7) is 0. The molecule has 1 aromatic carbocycles. The largest absolute Gasteiger partial charge is 0.481 e. The van der Waals surface area contributed by atoms with Crippen LogP contribution < -0.4 is 0 Å². The Bertz CT molecular complexity index is 685. The van der Waals surface area contributed by atoms with Gasteiger partial charge in [-0.3, -0.25) is 4.79 Å². The number of benzene rings is 1. The van der Waals surface area contributed by atoms with Gasteiger partial charge in [-0.05, 0) is 55.7 Å². The van der Waals surface area contributed by atoms with Crippen LogP contribution in [-0.4, -0.2) is 44.7 Å². The van der Waals surface area contributed by atoms with Gasteiger partial charge in [-0.15, -0.1) is 0 Å². The molecule has 1 saturated carbocycles. The predicted octanol–water partition coefficient (Wildman–Crippen LogP) is 3.86. The molecule has 0 unspecified atom stereocenters. The standard InChI is InChI=1S/C23H31BrO5/c24-17-10-7-16(8-11-17)9-12-18(25)13-14-20-19(21(26)15-22(20)27)5-3-1-2-4-6-23(28)29/h1,3,7-8,10-11,13-14,18-22,25-27H,2,4-6,9,12,15H2,(H,28,29)/b3-1-,14-13+/t18-,19-,20-,21+,22-/m1/s1. The van der Waals surface area contributed by atoms with Crippen LogP contribution in [-0.2, 0) is 11.2 Å². The highest BCUT2D eigenvalue weighted by Gasteiger charge is 2.39. The first-order valence-electron chi connectivity index (χ1n) is 10.2. The van der Waals surface area contributed by atoms with Gasteiger partial charge in [0.05, 0.1) is 18.3 Å². The van der Waals surface area contributed by atoms with Gasteiger partial charge >= 0.3 is 5.97 Å². The fraction of sp³-hybridized carbons (Fsp3) is 0.522. The molecule has 160 valence electrons. The number of unbranched alkanes of at least 4 members (excludes halogenated alkanes) is 1. The minimum absolute atomic E-state index is 0.101. The Labute approximate surface area is 180 Å². The van der Waals surface area contributed by atoms with E-state index < -0.39 is 24.3 Å². The van der Waals surface area contributed by atoms with Crippen molar-refractivity contribution < 1.29 is 25.2 Å². The number of aliphatic carboxylic acids is 1. The molecule has 2 rings (SSSR count). The lowest BCUT2D eigenvalue weighted by molar-refractivity contribution is -0.137. The van der Waals surface area contributed by atoms with Gasteiger partial charge in [0, 0.05) is 23.2 Å². The van der Waals surface area contributed by atoms with Gasteiger partial charge in [-0.1, -0.05) is 52.4 Å². The van der Waals surface area contributed by atoms with E-state index in [2.05, 4.69) is 15.9 Å². The van der Waals surface area contributed by atoms with Crippen molar-refractivity contribution in [3.8, 4) is 0 Å². The number of carbonyl (C=O) groups is 1. The minimum atomic E-state index is -0.795. The summed E-state index contributed by atoms with van der Waals surface area (Å²) < 4.78 is 1.03. The number of halogens is 1. The normalized spacial score (nSPS) is 25.8. The Hall–Kier alpha value is -1.47. The molecule has 29 heavy (non-hydrogen) atoms. The van der Waals surface area contributed by atoms with Crippen molar-refractivity contribution >= 4 is 21.9 Å². The molecule has 1 aliphatic rings. The highest BCUT2D eigenvalue weighted by molar-refractivity contribution is 9.10. The van der Waals surface area contributed by atoms with Crippen molar-refractivity contribution in [3.05, 3.63) is 58.6 Å². The molecule has 0 aliphatic heterocycles. The zero-order chi connectivity index (χ0) is 21.2. The lowest BCUT2D eigenvalue weighted by Crippen LogP contribution is -2.20. The molecule has 6 heteroatoms. The Kier molecular flexibility index (Phi) is 10.1. The number of carboxylic acid groups (broad SMARTS) is 1. The quantitative estimate of drug-likeness (QED) is 0.293. The molecule has 5 atom stereocenters. The average molecular weight is 467 g/mol. The second-order valence-corrected chi connectivity index (χ2v) is 8.64. The van der Waals surface area contributed by atoms with Crippen molar-refractivity contribution in [2.45, 2.75) is 63.3 Å². The summed E-state index contributed by atoms with van der Waals surface area (Å²) >= 11 is 3.41. The summed E-state index contributed by atoms with van der Waals surface area (Å²) in [7, 11) is 0. The Balaban J connectivity index is 1.82. The topological polar surface area (TPSA) is 98.0 Å². The first-order chi connectivity index (χ1) is 13.9. The Morgan fingerprint density at radius 1 is 1.17 bits per heavy atom. The molecule has 4 N–H and O–H groups in total. The number of hydrogen-bond acceptors (Lipinski definition) is 4. The number of aliphatic hydroxyl groups is 3. The summed E-state index contributed by atoms with van der Waals surface area (Å²) in [5.74, 6) is -1.09. The highest BCUT2D eigenvalue weighted by Crippen LogP contribution is 2.36. The van der Waals surface area contributed by atoms with Crippen LogP contribution >= 0.6 is 15.9 Å². The van der Waals surface area contributed by atoms with Crippen LogP contribution in [0.3, 0.4) is 0 Å². The van der Waals surface area contributed by atoms with Crippen LogP contribution in [0.4, 0.5) is 0 Å². The summed E-state index contributed by atoms with van der Waals surface area (Å²) in [4.78, 5) is 10.5. The van der Waals surface area contributed by atoms with Gasteiger partial charge in [-0.25, -0.2) is 0 Å². The van der Waals surface area contributed by atoms with Gasteiger partial charge in [0.15, 0.2) is 0 Å². The molecule has 0 saturated heterocycles. The maximum Gasteiger partial charge on any atom is 0.303 e. The predicted molar refractivity (Wildman–Crippen MR) is 116 cm³/mol. The van der Waals surface area contributed by atoms with Gasteiger partial charge in [-0.2, -0.15) is 0 Å². The van der Waals surface area contributed by atoms with E-state index in [0.717, 1.165) is 16.5 Å². The van der Waals surface area contributed by atoms with E-state index in [0.29, 0.717) is 32.1 Å². The summed E-state index contributed by atoms with van der Waals surface area (Å²) in [6.07, 6.45) is 9.41. The molecule has 1 aliphatic carbocycles.